The van der Waals surface area contributed by atoms with Gasteiger partial charge >= 0.3 is 0 Å². The maximum atomic E-state index is 13.2. The van der Waals surface area contributed by atoms with Gasteiger partial charge < -0.3 is 5.32 Å². The molecule has 1 fully saturated rings. The lowest BCUT2D eigenvalue weighted by Gasteiger charge is -2.25. The van der Waals surface area contributed by atoms with Crippen molar-refractivity contribution in [1.82, 2.24) is 20.0 Å². The highest BCUT2D eigenvalue weighted by molar-refractivity contribution is 6.30. The van der Waals surface area contributed by atoms with E-state index in [4.69, 9.17) is 16.7 Å². The summed E-state index contributed by atoms with van der Waals surface area (Å²) in [5.41, 5.74) is 1.97. The Bertz CT molecular complexity index is 1140. The Balaban J connectivity index is 1.57. The van der Waals surface area contributed by atoms with Crippen LogP contribution in [0, 0.1) is 0 Å². The van der Waals surface area contributed by atoms with Crippen LogP contribution in [-0.2, 0) is 17.8 Å². The second-order valence-electron chi connectivity index (χ2n) is 8.45. The van der Waals surface area contributed by atoms with E-state index in [9.17, 15) is 9.59 Å². The molecule has 1 atom stereocenters. The first-order chi connectivity index (χ1) is 15.5. The van der Waals surface area contributed by atoms with Gasteiger partial charge in [-0.2, -0.15) is 5.10 Å². The minimum Gasteiger partial charge on any atom is -0.356 e. The summed E-state index contributed by atoms with van der Waals surface area (Å²) in [6.45, 7) is 4.73. The number of carbonyl (C=O) groups excluding carboxylic acids is 1. The Kier molecular flexibility index (Phi) is 7.22. The zero-order chi connectivity index (χ0) is 22.5. The number of hydrogen-bond donors (Lipinski definition) is 1. The molecule has 7 heteroatoms. The Hall–Kier alpha value is -2.70. The third-order valence-electron chi connectivity index (χ3n) is 6.11. The van der Waals surface area contributed by atoms with Crippen LogP contribution in [0.2, 0.25) is 5.02 Å². The van der Waals surface area contributed by atoms with Crippen LogP contribution in [0.25, 0.3) is 10.8 Å². The molecular formula is C25H29ClN4O2. The molecule has 1 aliphatic heterocycles. The maximum Gasteiger partial charge on any atom is 0.274 e. The molecule has 168 valence electrons. The SMILES string of the molecule is CC(=O)NCCCN1CCCC1Cn1nc(Cc2ccc(Cl)cc2)c2ccccc2c1=O. The lowest BCUT2D eigenvalue weighted by Crippen LogP contribution is -2.38. The fourth-order valence-electron chi connectivity index (χ4n) is 4.50. The van der Waals surface area contributed by atoms with E-state index < -0.39 is 0 Å². The highest BCUT2D eigenvalue weighted by atomic mass is 35.5. The number of fused-ring (bicyclic) bond motifs is 1. The average molecular weight is 453 g/mol. The number of halogens is 1. The van der Waals surface area contributed by atoms with Crippen molar-refractivity contribution in [3.63, 3.8) is 0 Å². The van der Waals surface area contributed by atoms with Gasteiger partial charge in [0.25, 0.3) is 5.56 Å². The van der Waals surface area contributed by atoms with Crippen molar-refractivity contribution in [3.8, 4) is 0 Å². The standard InChI is InChI=1S/C25H29ClN4O2/c1-18(31)27-13-5-15-29-14-4-6-21(29)17-30-25(32)23-8-3-2-7-22(23)24(28-30)16-19-9-11-20(26)12-10-19/h2-3,7-12,21H,4-6,13-17H2,1H3,(H,27,31). The number of nitrogens with zero attached hydrogens (tertiary/aromatic N) is 3. The molecule has 1 unspecified atom stereocenters. The molecule has 0 bridgehead atoms. The van der Waals surface area contributed by atoms with Crippen LogP contribution in [0.4, 0.5) is 0 Å². The number of rotatable bonds is 8. The average Bonchev–Trinajstić information content (AvgIpc) is 3.23. The summed E-state index contributed by atoms with van der Waals surface area (Å²) in [6, 6.07) is 15.8. The quantitative estimate of drug-likeness (QED) is 0.530. The van der Waals surface area contributed by atoms with Crippen LogP contribution in [0.15, 0.2) is 53.3 Å². The summed E-state index contributed by atoms with van der Waals surface area (Å²) in [5, 5.41) is 10.00. The molecule has 1 N–H and O–H groups in total. The van der Waals surface area contributed by atoms with E-state index in [0.717, 1.165) is 49.0 Å². The lowest BCUT2D eigenvalue weighted by molar-refractivity contribution is -0.118. The highest BCUT2D eigenvalue weighted by Crippen LogP contribution is 2.21. The summed E-state index contributed by atoms with van der Waals surface area (Å²) in [7, 11) is 0. The number of aromatic nitrogens is 2. The van der Waals surface area contributed by atoms with Gasteiger partial charge in [0.2, 0.25) is 5.91 Å². The van der Waals surface area contributed by atoms with Crippen LogP contribution < -0.4 is 10.9 Å². The highest BCUT2D eigenvalue weighted by Gasteiger charge is 2.25. The smallest absolute Gasteiger partial charge is 0.274 e. The number of carbonyl (C=O) groups is 1. The molecule has 3 aromatic rings. The van der Waals surface area contributed by atoms with Crippen LogP contribution in [0.1, 0.15) is 37.4 Å². The molecule has 1 aliphatic rings. The molecule has 0 radical (unpaired) electrons. The molecule has 1 saturated heterocycles. The Labute approximate surface area is 193 Å². The van der Waals surface area contributed by atoms with E-state index >= 15 is 0 Å². The van der Waals surface area contributed by atoms with Crippen LogP contribution in [0.3, 0.4) is 0 Å². The minimum absolute atomic E-state index is 0.00287. The van der Waals surface area contributed by atoms with Crippen molar-refractivity contribution in [1.29, 1.82) is 0 Å². The first-order valence-electron chi connectivity index (χ1n) is 11.2. The molecule has 4 rings (SSSR count). The molecule has 0 aliphatic carbocycles. The first-order valence-corrected chi connectivity index (χ1v) is 11.6. The number of benzene rings is 2. The van der Waals surface area contributed by atoms with Crippen LogP contribution in [-0.4, -0.2) is 46.3 Å². The van der Waals surface area contributed by atoms with Crippen molar-refractivity contribution in [2.45, 2.75) is 45.2 Å². The fourth-order valence-corrected chi connectivity index (χ4v) is 4.62. The van der Waals surface area contributed by atoms with Gasteiger partial charge in [0.15, 0.2) is 0 Å². The maximum absolute atomic E-state index is 13.2. The minimum atomic E-state index is -0.0365. The van der Waals surface area contributed by atoms with Crippen molar-refractivity contribution >= 4 is 28.3 Å². The third kappa shape index (κ3) is 5.37. The van der Waals surface area contributed by atoms with E-state index in [2.05, 4.69) is 10.2 Å². The third-order valence-corrected chi connectivity index (χ3v) is 6.36. The molecule has 2 aromatic carbocycles. The van der Waals surface area contributed by atoms with Crippen molar-refractivity contribution in [2.24, 2.45) is 0 Å². The molecular weight excluding hydrogens is 424 g/mol. The van der Waals surface area contributed by atoms with E-state index in [1.807, 2.05) is 48.5 Å². The molecule has 2 heterocycles. The Morgan fingerprint density at radius 1 is 1.16 bits per heavy atom. The van der Waals surface area contributed by atoms with E-state index in [1.54, 1.807) is 4.68 Å². The summed E-state index contributed by atoms with van der Waals surface area (Å²) in [4.78, 5) is 26.7. The van der Waals surface area contributed by atoms with Crippen LogP contribution >= 0.6 is 11.6 Å². The monoisotopic (exact) mass is 452 g/mol. The van der Waals surface area contributed by atoms with Gasteiger partial charge in [0.1, 0.15) is 0 Å². The Morgan fingerprint density at radius 2 is 1.91 bits per heavy atom. The van der Waals surface area contributed by atoms with Gasteiger partial charge in [-0.25, -0.2) is 4.68 Å². The van der Waals surface area contributed by atoms with Gasteiger partial charge in [-0.15, -0.1) is 0 Å². The number of nitrogens with one attached hydrogen (secondary N) is 1. The van der Waals surface area contributed by atoms with Crippen molar-refractivity contribution < 1.29 is 4.79 Å². The van der Waals surface area contributed by atoms with E-state index in [-0.39, 0.29) is 17.5 Å². The van der Waals surface area contributed by atoms with Crippen LogP contribution in [0.5, 0.6) is 0 Å². The van der Waals surface area contributed by atoms with Gasteiger partial charge in [0.05, 0.1) is 17.6 Å². The Morgan fingerprint density at radius 3 is 2.66 bits per heavy atom. The van der Waals surface area contributed by atoms with Crippen molar-refractivity contribution in [3.05, 3.63) is 75.2 Å². The summed E-state index contributed by atoms with van der Waals surface area (Å²) >= 11 is 6.04. The summed E-state index contributed by atoms with van der Waals surface area (Å²) in [6.07, 6.45) is 3.71. The summed E-state index contributed by atoms with van der Waals surface area (Å²) in [5.74, 6) is 0.00287. The van der Waals surface area contributed by atoms with Gasteiger partial charge in [-0.05, 0) is 49.6 Å². The zero-order valence-corrected chi connectivity index (χ0v) is 19.1. The molecule has 0 saturated carbocycles. The fraction of sp³-hybridized carbons (Fsp3) is 0.400. The largest absolute Gasteiger partial charge is 0.356 e. The van der Waals surface area contributed by atoms with Gasteiger partial charge in [0, 0.05) is 42.9 Å². The predicted molar refractivity (Wildman–Crippen MR) is 128 cm³/mol. The second kappa shape index (κ2) is 10.3. The summed E-state index contributed by atoms with van der Waals surface area (Å²) < 4.78 is 1.66. The molecule has 1 aromatic heterocycles. The van der Waals surface area contributed by atoms with E-state index in [1.165, 1.54) is 6.92 Å². The molecule has 32 heavy (non-hydrogen) atoms. The molecule has 0 spiro atoms. The number of hydrogen-bond acceptors (Lipinski definition) is 4. The topological polar surface area (TPSA) is 67.2 Å². The first kappa shape index (κ1) is 22.5. The molecule has 6 nitrogen and oxygen atoms in total. The van der Waals surface area contributed by atoms with Gasteiger partial charge in [-0.3, -0.25) is 14.5 Å². The lowest BCUT2D eigenvalue weighted by atomic mass is 10.0. The normalized spacial score (nSPS) is 16.5. The molecule has 1 amide bonds. The second-order valence-corrected chi connectivity index (χ2v) is 8.89. The van der Waals surface area contributed by atoms with Crippen molar-refractivity contribution in [2.75, 3.05) is 19.6 Å². The number of amides is 1. The van der Waals surface area contributed by atoms with E-state index in [0.29, 0.717) is 29.9 Å². The number of likely N-dealkylation sites (tertiary alicyclic amines) is 1. The van der Waals surface area contributed by atoms with Gasteiger partial charge in [-0.1, -0.05) is 41.9 Å². The zero-order valence-electron chi connectivity index (χ0n) is 18.4. The predicted octanol–water partition coefficient (Wildman–Crippen LogP) is 3.63.